The molecule has 1 aliphatic rings. The van der Waals surface area contributed by atoms with Gasteiger partial charge in [0.2, 0.25) is 5.95 Å². The SMILES string of the molecule is COc1ccccc1OCC(=O)N1CCN(c2nc(C)cc(N(C)C)n2)CC1. The van der Waals surface area contributed by atoms with E-state index < -0.39 is 0 Å². The highest BCUT2D eigenvalue weighted by Crippen LogP contribution is 2.25. The maximum Gasteiger partial charge on any atom is 0.260 e. The van der Waals surface area contributed by atoms with Crippen molar-refractivity contribution in [2.45, 2.75) is 6.92 Å². The van der Waals surface area contributed by atoms with Crippen LogP contribution in [0.2, 0.25) is 0 Å². The number of methoxy groups -OCH3 is 1. The number of benzene rings is 1. The Balaban J connectivity index is 1.56. The molecule has 0 radical (unpaired) electrons. The van der Waals surface area contributed by atoms with E-state index in [1.165, 1.54) is 0 Å². The van der Waals surface area contributed by atoms with Gasteiger partial charge in [0, 0.05) is 52.0 Å². The number of nitrogens with zero attached hydrogens (tertiary/aromatic N) is 5. The van der Waals surface area contributed by atoms with Crippen LogP contribution >= 0.6 is 0 Å². The number of aryl methyl sites for hydroxylation is 1. The number of para-hydroxylation sites is 2. The van der Waals surface area contributed by atoms with Gasteiger partial charge in [0.25, 0.3) is 5.91 Å². The van der Waals surface area contributed by atoms with Gasteiger partial charge in [-0.3, -0.25) is 4.79 Å². The monoisotopic (exact) mass is 385 g/mol. The summed E-state index contributed by atoms with van der Waals surface area (Å²) in [5, 5.41) is 0. The van der Waals surface area contributed by atoms with Gasteiger partial charge in [-0.05, 0) is 19.1 Å². The summed E-state index contributed by atoms with van der Waals surface area (Å²) in [6, 6.07) is 9.27. The Hall–Kier alpha value is -3.03. The molecule has 8 heteroatoms. The van der Waals surface area contributed by atoms with Crippen LogP contribution in [0, 0.1) is 6.92 Å². The van der Waals surface area contributed by atoms with Crippen molar-refractivity contribution in [1.82, 2.24) is 14.9 Å². The van der Waals surface area contributed by atoms with Crippen molar-refractivity contribution in [1.29, 1.82) is 0 Å². The van der Waals surface area contributed by atoms with E-state index in [1.54, 1.807) is 13.2 Å². The van der Waals surface area contributed by atoms with Gasteiger partial charge in [0.05, 0.1) is 7.11 Å². The minimum absolute atomic E-state index is 0.00784. The van der Waals surface area contributed by atoms with Crippen LogP contribution in [-0.4, -0.2) is 74.8 Å². The summed E-state index contributed by atoms with van der Waals surface area (Å²) < 4.78 is 10.9. The molecule has 0 bridgehead atoms. The van der Waals surface area contributed by atoms with E-state index in [1.807, 2.05) is 55.1 Å². The third-order valence-corrected chi connectivity index (χ3v) is 4.62. The molecule has 0 unspecified atom stereocenters. The number of carbonyl (C=O) groups is 1. The lowest BCUT2D eigenvalue weighted by molar-refractivity contribution is -0.133. The second-order valence-corrected chi connectivity index (χ2v) is 6.87. The topological polar surface area (TPSA) is 71.0 Å². The minimum atomic E-state index is -0.0373. The van der Waals surface area contributed by atoms with Gasteiger partial charge >= 0.3 is 0 Å². The van der Waals surface area contributed by atoms with E-state index in [4.69, 9.17) is 9.47 Å². The maximum atomic E-state index is 12.5. The maximum absolute atomic E-state index is 12.5. The predicted molar refractivity (Wildman–Crippen MR) is 108 cm³/mol. The fourth-order valence-corrected chi connectivity index (χ4v) is 3.03. The molecule has 0 spiro atoms. The summed E-state index contributed by atoms with van der Waals surface area (Å²) in [7, 11) is 5.51. The average molecular weight is 385 g/mol. The van der Waals surface area contributed by atoms with E-state index in [-0.39, 0.29) is 12.5 Å². The molecule has 2 heterocycles. The molecular weight excluding hydrogens is 358 g/mol. The molecule has 0 N–H and O–H groups in total. The first-order valence-corrected chi connectivity index (χ1v) is 9.29. The molecule has 1 saturated heterocycles. The summed E-state index contributed by atoms with van der Waals surface area (Å²) in [4.78, 5) is 27.6. The first-order chi connectivity index (χ1) is 13.5. The van der Waals surface area contributed by atoms with Crippen molar-refractivity contribution >= 4 is 17.7 Å². The summed E-state index contributed by atoms with van der Waals surface area (Å²) in [5.41, 5.74) is 0.928. The van der Waals surface area contributed by atoms with Gasteiger partial charge in [-0.15, -0.1) is 0 Å². The number of piperazine rings is 1. The molecular formula is C20H27N5O3. The van der Waals surface area contributed by atoms with Crippen molar-refractivity contribution in [2.75, 3.05) is 63.8 Å². The summed E-state index contributed by atoms with van der Waals surface area (Å²) in [6.45, 7) is 4.57. The quantitative estimate of drug-likeness (QED) is 0.748. The van der Waals surface area contributed by atoms with E-state index in [0.29, 0.717) is 43.6 Å². The van der Waals surface area contributed by atoms with Crippen LogP contribution in [0.15, 0.2) is 30.3 Å². The lowest BCUT2D eigenvalue weighted by atomic mass is 10.3. The number of rotatable bonds is 6. The second-order valence-electron chi connectivity index (χ2n) is 6.87. The highest BCUT2D eigenvalue weighted by atomic mass is 16.5. The van der Waals surface area contributed by atoms with Crippen LogP contribution in [0.5, 0.6) is 11.5 Å². The molecule has 28 heavy (non-hydrogen) atoms. The van der Waals surface area contributed by atoms with Crippen LogP contribution in [0.25, 0.3) is 0 Å². The first kappa shape index (κ1) is 19.7. The van der Waals surface area contributed by atoms with Gasteiger partial charge in [0.15, 0.2) is 18.1 Å². The standard InChI is InChI=1S/C20H27N5O3/c1-15-13-18(23(2)3)22-20(21-15)25-11-9-24(10-12-25)19(26)14-28-17-8-6-5-7-16(17)27-4/h5-8,13H,9-12,14H2,1-4H3. The normalized spacial score (nSPS) is 14.0. The smallest absolute Gasteiger partial charge is 0.260 e. The zero-order chi connectivity index (χ0) is 20.1. The molecule has 1 aromatic carbocycles. The molecule has 3 rings (SSSR count). The molecule has 150 valence electrons. The van der Waals surface area contributed by atoms with E-state index in [2.05, 4.69) is 14.9 Å². The minimum Gasteiger partial charge on any atom is -0.493 e. The Bertz CT molecular complexity index is 819. The van der Waals surface area contributed by atoms with Crippen molar-refractivity contribution < 1.29 is 14.3 Å². The van der Waals surface area contributed by atoms with Crippen LogP contribution in [-0.2, 0) is 4.79 Å². The number of ether oxygens (including phenoxy) is 2. The van der Waals surface area contributed by atoms with Gasteiger partial charge in [-0.25, -0.2) is 4.98 Å². The zero-order valence-electron chi connectivity index (χ0n) is 16.9. The summed E-state index contributed by atoms with van der Waals surface area (Å²) in [5.74, 6) is 2.74. The van der Waals surface area contributed by atoms with Crippen molar-refractivity contribution in [3.63, 3.8) is 0 Å². The highest BCUT2D eigenvalue weighted by Gasteiger charge is 2.23. The molecule has 0 atom stereocenters. The van der Waals surface area contributed by atoms with Crippen LogP contribution in [0.4, 0.5) is 11.8 Å². The van der Waals surface area contributed by atoms with E-state index >= 15 is 0 Å². The lowest BCUT2D eigenvalue weighted by Crippen LogP contribution is -2.50. The van der Waals surface area contributed by atoms with Crippen LogP contribution < -0.4 is 19.3 Å². The Morgan fingerprint density at radius 1 is 1.11 bits per heavy atom. The van der Waals surface area contributed by atoms with Gasteiger partial charge in [-0.2, -0.15) is 4.98 Å². The molecule has 1 aliphatic heterocycles. The molecule has 0 saturated carbocycles. The number of carbonyl (C=O) groups excluding carboxylic acids is 1. The predicted octanol–water partition coefficient (Wildman–Crippen LogP) is 1.59. The highest BCUT2D eigenvalue weighted by molar-refractivity contribution is 5.78. The van der Waals surface area contributed by atoms with E-state index in [9.17, 15) is 4.79 Å². The molecule has 1 amide bonds. The Labute approximate surface area is 165 Å². The number of hydrogen-bond acceptors (Lipinski definition) is 7. The first-order valence-electron chi connectivity index (χ1n) is 9.29. The zero-order valence-corrected chi connectivity index (χ0v) is 16.9. The van der Waals surface area contributed by atoms with E-state index in [0.717, 1.165) is 11.5 Å². The molecule has 2 aromatic rings. The Morgan fingerprint density at radius 2 is 1.79 bits per heavy atom. The number of anilines is 2. The third-order valence-electron chi connectivity index (χ3n) is 4.62. The van der Waals surface area contributed by atoms with Crippen LogP contribution in [0.3, 0.4) is 0 Å². The largest absolute Gasteiger partial charge is 0.493 e. The second kappa shape index (κ2) is 8.77. The Kier molecular flexibility index (Phi) is 6.18. The fraction of sp³-hybridized carbons (Fsp3) is 0.450. The fourth-order valence-electron chi connectivity index (χ4n) is 3.03. The summed E-state index contributed by atoms with van der Waals surface area (Å²) >= 11 is 0. The summed E-state index contributed by atoms with van der Waals surface area (Å²) in [6.07, 6.45) is 0. The Morgan fingerprint density at radius 3 is 2.43 bits per heavy atom. The van der Waals surface area contributed by atoms with Crippen molar-refractivity contribution in [2.24, 2.45) is 0 Å². The van der Waals surface area contributed by atoms with Gasteiger partial charge < -0.3 is 24.2 Å². The van der Waals surface area contributed by atoms with Gasteiger partial charge in [0.1, 0.15) is 5.82 Å². The number of aromatic nitrogens is 2. The van der Waals surface area contributed by atoms with Crippen molar-refractivity contribution in [3.05, 3.63) is 36.0 Å². The number of hydrogen-bond donors (Lipinski definition) is 0. The van der Waals surface area contributed by atoms with Crippen LogP contribution in [0.1, 0.15) is 5.69 Å². The molecule has 0 aliphatic carbocycles. The molecule has 1 aromatic heterocycles. The molecule has 8 nitrogen and oxygen atoms in total. The van der Waals surface area contributed by atoms with Crippen molar-refractivity contribution in [3.8, 4) is 11.5 Å². The molecule has 1 fully saturated rings. The average Bonchev–Trinajstić information content (AvgIpc) is 2.71. The van der Waals surface area contributed by atoms with Gasteiger partial charge in [-0.1, -0.05) is 12.1 Å². The number of amides is 1. The third kappa shape index (κ3) is 4.62. The lowest BCUT2D eigenvalue weighted by Gasteiger charge is -2.35.